The van der Waals surface area contributed by atoms with Crippen LogP contribution in [-0.2, 0) is 14.3 Å². The number of aliphatic carboxylic acids is 1. The first-order valence-electron chi connectivity index (χ1n) is 6.34. The van der Waals surface area contributed by atoms with Crippen LogP contribution in [0.4, 0.5) is 0 Å². The van der Waals surface area contributed by atoms with Crippen LogP contribution in [0.3, 0.4) is 0 Å². The van der Waals surface area contributed by atoms with Gasteiger partial charge < -0.3 is 14.7 Å². The van der Waals surface area contributed by atoms with Gasteiger partial charge in [0.2, 0.25) is 0 Å². The molecule has 0 aliphatic carbocycles. The minimum absolute atomic E-state index is 0.143. The number of ether oxygens (including phenoxy) is 1. The van der Waals surface area contributed by atoms with Crippen LogP contribution in [0.25, 0.3) is 0 Å². The smallest absolute Gasteiger partial charge is 0.348 e. The van der Waals surface area contributed by atoms with Crippen molar-refractivity contribution >= 4 is 11.9 Å². The summed E-state index contributed by atoms with van der Waals surface area (Å²) >= 11 is 0. The summed E-state index contributed by atoms with van der Waals surface area (Å²) in [5, 5.41) is 9.21. The van der Waals surface area contributed by atoms with E-state index in [9.17, 15) is 14.7 Å². The van der Waals surface area contributed by atoms with Crippen LogP contribution in [0.5, 0.6) is 0 Å². The van der Waals surface area contributed by atoms with Crippen molar-refractivity contribution in [1.29, 1.82) is 0 Å². The Morgan fingerprint density at radius 3 is 2.79 bits per heavy atom. The van der Waals surface area contributed by atoms with E-state index in [4.69, 9.17) is 4.74 Å². The van der Waals surface area contributed by atoms with Crippen LogP contribution in [0.15, 0.2) is 30.3 Å². The first-order chi connectivity index (χ1) is 9.07. The van der Waals surface area contributed by atoms with Gasteiger partial charge in [0.05, 0.1) is 6.04 Å². The van der Waals surface area contributed by atoms with Crippen molar-refractivity contribution in [3.8, 4) is 0 Å². The fraction of sp³-hybridized carbons (Fsp3) is 0.429. The molecule has 0 radical (unpaired) electrons. The third-order valence-electron chi connectivity index (χ3n) is 4.00. The Morgan fingerprint density at radius 1 is 1.47 bits per heavy atom. The lowest BCUT2D eigenvalue weighted by Crippen LogP contribution is -2.52. The number of piperidine rings is 1. The second-order valence-corrected chi connectivity index (χ2v) is 5.02. The molecule has 100 valence electrons. The van der Waals surface area contributed by atoms with Gasteiger partial charge in [-0.25, -0.2) is 4.79 Å². The zero-order valence-corrected chi connectivity index (χ0v) is 10.6. The standard InChI is InChI=1S/C14H15NO4/c1-9(10-5-3-2-4-6-10)15-8-7-11-14(19-11,12(15)16)13(17)18/h2-6,9,11H,7-8H2,1H3,(H,17,18)/t9-,11+,14+/m0/s1. The predicted molar refractivity (Wildman–Crippen MR) is 66.4 cm³/mol. The summed E-state index contributed by atoms with van der Waals surface area (Å²) in [7, 11) is 0. The summed E-state index contributed by atoms with van der Waals surface area (Å²) in [4.78, 5) is 25.2. The molecule has 1 aromatic rings. The number of rotatable bonds is 3. The number of likely N-dealkylation sites (tertiary alicyclic amines) is 1. The number of carboxylic acids is 1. The van der Waals surface area contributed by atoms with E-state index in [1.54, 1.807) is 4.90 Å². The average molecular weight is 261 g/mol. The Labute approximate surface area is 110 Å². The molecular weight excluding hydrogens is 246 g/mol. The molecule has 0 unspecified atom stereocenters. The summed E-state index contributed by atoms with van der Waals surface area (Å²) in [5.74, 6) is -1.60. The van der Waals surface area contributed by atoms with Crippen LogP contribution < -0.4 is 0 Å². The maximum atomic E-state index is 12.4. The molecule has 5 nitrogen and oxygen atoms in total. The van der Waals surface area contributed by atoms with Crippen LogP contribution in [0, 0.1) is 0 Å². The van der Waals surface area contributed by atoms with Gasteiger partial charge in [-0.2, -0.15) is 0 Å². The van der Waals surface area contributed by atoms with E-state index >= 15 is 0 Å². The van der Waals surface area contributed by atoms with Gasteiger partial charge in [-0.3, -0.25) is 4.79 Å². The molecule has 2 heterocycles. The third kappa shape index (κ3) is 1.65. The quantitative estimate of drug-likeness (QED) is 0.655. The summed E-state index contributed by atoms with van der Waals surface area (Å²) in [5.41, 5.74) is -0.614. The number of carbonyl (C=O) groups is 2. The number of hydrogen-bond acceptors (Lipinski definition) is 3. The van der Waals surface area contributed by atoms with Gasteiger partial charge in [0, 0.05) is 6.54 Å². The topological polar surface area (TPSA) is 70.1 Å². The van der Waals surface area contributed by atoms with Gasteiger partial charge in [0.1, 0.15) is 6.10 Å². The van der Waals surface area contributed by atoms with E-state index in [1.165, 1.54) is 0 Å². The molecule has 1 amide bonds. The first kappa shape index (κ1) is 12.2. The zero-order chi connectivity index (χ0) is 13.6. The molecule has 1 N–H and O–H groups in total. The monoisotopic (exact) mass is 261 g/mol. The highest BCUT2D eigenvalue weighted by molar-refractivity contribution is 6.09. The number of fused-ring (bicyclic) bond motifs is 1. The molecule has 0 aromatic heterocycles. The lowest BCUT2D eigenvalue weighted by molar-refractivity contribution is -0.155. The highest BCUT2D eigenvalue weighted by Gasteiger charge is 2.72. The third-order valence-corrected chi connectivity index (χ3v) is 4.00. The van der Waals surface area contributed by atoms with Gasteiger partial charge >= 0.3 is 5.97 Å². The number of hydrogen-bond donors (Lipinski definition) is 1. The molecule has 19 heavy (non-hydrogen) atoms. The van der Waals surface area contributed by atoms with Gasteiger partial charge in [-0.15, -0.1) is 0 Å². The second kappa shape index (κ2) is 4.06. The minimum Gasteiger partial charge on any atom is -0.479 e. The maximum absolute atomic E-state index is 12.4. The van der Waals surface area contributed by atoms with Gasteiger partial charge in [0.25, 0.3) is 11.5 Å². The van der Waals surface area contributed by atoms with Crippen molar-refractivity contribution in [3.63, 3.8) is 0 Å². The molecule has 0 bridgehead atoms. The zero-order valence-electron chi connectivity index (χ0n) is 10.6. The van der Waals surface area contributed by atoms with Crippen LogP contribution in [-0.4, -0.2) is 40.1 Å². The summed E-state index contributed by atoms with van der Waals surface area (Å²) in [6.45, 7) is 2.44. The molecule has 2 saturated heterocycles. The lowest BCUT2D eigenvalue weighted by atomic mass is 9.94. The number of nitrogens with zero attached hydrogens (tertiary/aromatic N) is 1. The Balaban J connectivity index is 1.86. The Bertz CT molecular complexity index is 530. The predicted octanol–water partition coefficient (Wildman–Crippen LogP) is 1.20. The lowest BCUT2D eigenvalue weighted by Gasteiger charge is -2.33. The number of benzene rings is 1. The molecule has 3 rings (SSSR count). The highest BCUT2D eigenvalue weighted by atomic mass is 16.6. The number of carbonyl (C=O) groups excluding carboxylic acids is 1. The van der Waals surface area contributed by atoms with E-state index in [0.717, 1.165) is 5.56 Å². The van der Waals surface area contributed by atoms with Crippen molar-refractivity contribution in [2.45, 2.75) is 31.1 Å². The molecule has 2 aliphatic heterocycles. The SMILES string of the molecule is C[C@@H](c1ccccc1)N1CC[C@H]2O[C@@]2(C(=O)O)C1=O. The first-order valence-corrected chi connectivity index (χ1v) is 6.34. The van der Waals surface area contributed by atoms with E-state index < -0.39 is 23.6 Å². The molecule has 5 heteroatoms. The summed E-state index contributed by atoms with van der Waals surface area (Å²) < 4.78 is 5.16. The van der Waals surface area contributed by atoms with Gasteiger partial charge in [-0.05, 0) is 18.9 Å². The molecule has 3 atom stereocenters. The van der Waals surface area contributed by atoms with E-state index in [-0.39, 0.29) is 6.04 Å². The summed E-state index contributed by atoms with van der Waals surface area (Å²) in [6, 6.07) is 9.45. The number of epoxide rings is 1. The summed E-state index contributed by atoms with van der Waals surface area (Å²) in [6.07, 6.45) is 0.131. The molecule has 1 aromatic carbocycles. The molecule has 0 spiro atoms. The van der Waals surface area contributed by atoms with Crippen molar-refractivity contribution in [2.75, 3.05) is 6.54 Å². The molecule has 2 aliphatic rings. The van der Waals surface area contributed by atoms with Gasteiger partial charge in [-0.1, -0.05) is 30.3 Å². The van der Waals surface area contributed by atoms with Crippen molar-refractivity contribution in [3.05, 3.63) is 35.9 Å². The van der Waals surface area contributed by atoms with Crippen molar-refractivity contribution < 1.29 is 19.4 Å². The molecule has 2 fully saturated rings. The maximum Gasteiger partial charge on any atom is 0.348 e. The van der Waals surface area contributed by atoms with E-state index in [1.807, 2.05) is 37.3 Å². The van der Waals surface area contributed by atoms with E-state index in [2.05, 4.69) is 0 Å². The molecule has 0 saturated carbocycles. The fourth-order valence-corrected chi connectivity index (χ4v) is 2.77. The Morgan fingerprint density at radius 2 is 2.16 bits per heavy atom. The largest absolute Gasteiger partial charge is 0.479 e. The highest BCUT2D eigenvalue weighted by Crippen LogP contribution is 2.46. The normalized spacial score (nSPS) is 30.7. The fourth-order valence-electron chi connectivity index (χ4n) is 2.77. The van der Waals surface area contributed by atoms with Crippen LogP contribution in [0.1, 0.15) is 24.9 Å². The minimum atomic E-state index is -1.61. The van der Waals surface area contributed by atoms with Crippen molar-refractivity contribution in [1.82, 2.24) is 4.90 Å². The van der Waals surface area contributed by atoms with Crippen LogP contribution >= 0.6 is 0 Å². The number of carboxylic acid groups (broad SMARTS) is 1. The molecular formula is C14H15NO4. The van der Waals surface area contributed by atoms with E-state index in [0.29, 0.717) is 13.0 Å². The van der Waals surface area contributed by atoms with Gasteiger partial charge in [0.15, 0.2) is 0 Å². The van der Waals surface area contributed by atoms with Crippen molar-refractivity contribution in [2.24, 2.45) is 0 Å². The second-order valence-electron chi connectivity index (χ2n) is 5.02. The number of amides is 1. The average Bonchev–Trinajstić information content (AvgIpc) is 3.16. The Kier molecular flexibility index (Phi) is 2.60. The van der Waals surface area contributed by atoms with Crippen LogP contribution in [0.2, 0.25) is 0 Å². The Hall–Kier alpha value is -1.88.